The minimum absolute atomic E-state index is 0.0830. The van der Waals surface area contributed by atoms with Crippen LogP contribution in [0.15, 0.2) is 48.5 Å². The summed E-state index contributed by atoms with van der Waals surface area (Å²) in [5.74, 6) is 0.957. The Morgan fingerprint density at radius 3 is 2.36 bits per heavy atom. The molecule has 25 heavy (non-hydrogen) atoms. The molecule has 4 heteroatoms. The van der Waals surface area contributed by atoms with Gasteiger partial charge in [0, 0.05) is 6.04 Å². The lowest BCUT2D eigenvalue weighted by Gasteiger charge is -2.23. The molecule has 1 atom stereocenters. The molecule has 0 aliphatic carbocycles. The van der Waals surface area contributed by atoms with Crippen molar-refractivity contribution in [3.05, 3.63) is 59.7 Å². The molecule has 0 radical (unpaired) electrons. The second-order valence-electron chi connectivity index (χ2n) is 6.45. The van der Waals surface area contributed by atoms with E-state index in [4.69, 9.17) is 4.74 Å². The number of carbonyl (C=O) groups excluding carboxylic acids is 1. The van der Waals surface area contributed by atoms with E-state index in [0.717, 1.165) is 6.42 Å². The number of ether oxygens (including phenoxy) is 1. The fourth-order valence-corrected chi connectivity index (χ4v) is 2.84. The standard InChI is InChI=1S/C21H28N2O2/c1-5-16-10-12-17(13-11-16)21(15(2)3)22-14-20(24)23-18-8-6-7-9-19(18)25-4/h6-13,15,21-22H,5,14H2,1-4H3,(H,23,24)/t21-/m0/s1. The first kappa shape index (κ1) is 19.0. The van der Waals surface area contributed by atoms with Crippen molar-refractivity contribution >= 4 is 11.6 Å². The third-order valence-corrected chi connectivity index (χ3v) is 4.28. The van der Waals surface area contributed by atoms with E-state index >= 15 is 0 Å². The van der Waals surface area contributed by atoms with Gasteiger partial charge in [0.1, 0.15) is 5.75 Å². The monoisotopic (exact) mass is 340 g/mol. The summed E-state index contributed by atoms with van der Waals surface area (Å²) in [4.78, 5) is 12.3. The second-order valence-corrected chi connectivity index (χ2v) is 6.45. The van der Waals surface area contributed by atoms with Gasteiger partial charge in [-0.3, -0.25) is 4.79 Å². The number of amides is 1. The fourth-order valence-electron chi connectivity index (χ4n) is 2.84. The molecule has 0 fully saturated rings. The van der Waals surface area contributed by atoms with Crippen LogP contribution in [0.4, 0.5) is 5.69 Å². The van der Waals surface area contributed by atoms with E-state index in [9.17, 15) is 4.79 Å². The van der Waals surface area contributed by atoms with Crippen molar-refractivity contribution in [2.24, 2.45) is 5.92 Å². The Labute approximate surface area is 150 Å². The number of hydrogen-bond donors (Lipinski definition) is 2. The molecule has 4 nitrogen and oxygen atoms in total. The quantitative estimate of drug-likeness (QED) is 0.758. The van der Waals surface area contributed by atoms with Gasteiger partial charge in [0.2, 0.25) is 5.91 Å². The van der Waals surface area contributed by atoms with Gasteiger partial charge in [0.15, 0.2) is 0 Å². The first-order valence-corrected chi connectivity index (χ1v) is 8.80. The molecule has 2 rings (SSSR count). The second kappa shape index (κ2) is 9.23. The van der Waals surface area contributed by atoms with Crippen molar-refractivity contribution in [2.45, 2.75) is 33.2 Å². The Morgan fingerprint density at radius 2 is 1.76 bits per heavy atom. The fraction of sp³-hybridized carbons (Fsp3) is 0.381. The van der Waals surface area contributed by atoms with Crippen LogP contribution in [0.5, 0.6) is 5.75 Å². The predicted octanol–water partition coefficient (Wildman–Crippen LogP) is 4.18. The molecular formula is C21H28N2O2. The minimum Gasteiger partial charge on any atom is -0.495 e. The zero-order chi connectivity index (χ0) is 18.2. The third-order valence-electron chi connectivity index (χ3n) is 4.28. The topological polar surface area (TPSA) is 50.4 Å². The van der Waals surface area contributed by atoms with E-state index < -0.39 is 0 Å². The number of methoxy groups -OCH3 is 1. The summed E-state index contributed by atoms with van der Waals surface area (Å²) in [6.45, 7) is 6.71. The van der Waals surface area contributed by atoms with Gasteiger partial charge in [-0.1, -0.05) is 57.2 Å². The van der Waals surface area contributed by atoms with E-state index in [2.05, 4.69) is 55.7 Å². The largest absolute Gasteiger partial charge is 0.495 e. The molecule has 0 heterocycles. The lowest BCUT2D eigenvalue weighted by atomic mass is 9.95. The van der Waals surface area contributed by atoms with Gasteiger partial charge in [0.25, 0.3) is 0 Å². The Kier molecular flexibility index (Phi) is 7.02. The summed E-state index contributed by atoms with van der Waals surface area (Å²) in [5, 5.41) is 6.28. The minimum atomic E-state index is -0.0830. The number of para-hydroxylation sites is 2. The van der Waals surface area contributed by atoms with Crippen molar-refractivity contribution in [3.63, 3.8) is 0 Å². The van der Waals surface area contributed by atoms with Crippen molar-refractivity contribution in [3.8, 4) is 5.75 Å². The van der Waals surface area contributed by atoms with Gasteiger partial charge in [0.05, 0.1) is 19.3 Å². The molecule has 0 bridgehead atoms. The molecule has 0 spiro atoms. The van der Waals surface area contributed by atoms with Crippen LogP contribution in [0.25, 0.3) is 0 Å². The number of carbonyl (C=O) groups is 1. The lowest BCUT2D eigenvalue weighted by molar-refractivity contribution is -0.115. The van der Waals surface area contributed by atoms with Crippen LogP contribution in [0.1, 0.15) is 37.9 Å². The van der Waals surface area contributed by atoms with Crippen molar-refractivity contribution in [1.82, 2.24) is 5.32 Å². The molecule has 2 aromatic rings. The van der Waals surface area contributed by atoms with Crippen molar-refractivity contribution < 1.29 is 9.53 Å². The molecule has 134 valence electrons. The summed E-state index contributed by atoms with van der Waals surface area (Å²) in [6, 6.07) is 16.1. The molecule has 0 saturated heterocycles. The maximum Gasteiger partial charge on any atom is 0.238 e. The van der Waals surface area contributed by atoms with Crippen molar-refractivity contribution in [2.75, 3.05) is 19.0 Å². The highest BCUT2D eigenvalue weighted by atomic mass is 16.5. The average Bonchev–Trinajstić information content (AvgIpc) is 2.62. The molecular weight excluding hydrogens is 312 g/mol. The number of anilines is 1. The summed E-state index contributed by atoms with van der Waals surface area (Å²) < 4.78 is 5.27. The summed E-state index contributed by atoms with van der Waals surface area (Å²) >= 11 is 0. The zero-order valence-corrected chi connectivity index (χ0v) is 15.5. The number of nitrogens with one attached hydrogen (secondary N) is 2. The van der Waals surface area contributed by atoms with Gasteiger partial charge < -0.3 is 15.4 Å². The SMILES string of the molecule is CCc1ccc([C@@H](NCC(=O)Nc2ccccc2OC)C(C)C)cc1. The van der Waals surface area contributed by atoms with E-state index in [1.807, 2.05) is 24.3 Å². The van der Waals surface area contributed by atoms with E-state index in [1.165, 1.54) is 11.1 Å². The zero-order valence-electron chi connectivity index (χ0n) is 15.5. The van der Waals surface area contributed by atoms with Gasteiger partial charge in [-0.05, 0) is 35.6 Å². The third kappa shape index (κ3) is 5.33. The Hall–Kier alpha value is -2.33. The van der Waals surface area contributed by atoms with E-state index in [1.54, 1.807) is 7.11 Å². The van der Waals surface area contributed by atoms with Crippen LogP contribution in [-0.2, 0) is 11.2 Å². The molecule has 0 aliphatic heterocycles. The smallest absolute Gasteiger partial charge is 0.238 e. The number of hydrogen-bond acceptors (Lipinski definition) is 3. The molecule has 2 aromatic carbocycles. The highest BCUT2D eigenvalue weighted by molar-refractivity contribution is 5.93. The normalized spacial score (nSPS) is 12.0. The molecule has 2 N–H and O–H groups in total. The Bertz CT molecular complexity index is 681. The molecule has 0 saturated carbocycles. The van der Waals surface area contributed by atoms with Crippen LogP contribution in [-0.4, -0.2) is 19.6 Å². The first-order valence-electron chi connectivity index (χ1n) is 8.80. The highest BCUT2D eigenvalue weighted by Gasteiger charge is 2.17. The highest BCUT2D eigenvalue weighted by Crippen LogP contribution is 2.24. The maximum atomic E-state index is 12.3. The van der Waals surface area contributed by atoms with Crippen LogP contribution in [0.3, 0.4) is 0 Å². The lowest BCUT2D eigenvalue weighted by Crippen LogP contribution is -2.33. The summed E-state index contributed by atoms with van der Waals surface area (Å²) in [6.07, 6.45) is 1.03. The van der Waals surface area contributed by atoms with E-state index in [-0.39, 0.29) is 18.5 Å². The van der Waals surface area contributed by atoms with Crippen molar-refractivity contribution in [1.29, 1.82) is 0 Å². The maximum absolute atomic E-state index is 12.3. The molecule has 0 unspecified atom stereocenters. The van der Waals surface area contributed by atoms with E-state index in [0.29, 0.717) is 17.4 Å². The summed E-state index contributed by atoms with van der Waals surface area (Å²) in [5.41, 5.74) is 3.21. The number of benzene rings is 2. The van der Waals surface area contributed by atoms with Gasteiger partial charge in [-0.25, -0.2) is 0 Å². The number of rotatable bonds is 8. The van der Waals surface area contributed by atoms with Gasteiger partial charge >= 0.3 is 0 Å². The van der Waals surface area contributed by atoms with Crippen LogP contribution >= 0.6 is 0 Å². The predicted molar refractivity (Wildman–Crippen MR) is 103 cm³/mol. The Morgan fingerprint density at radius 1 is 1.08 bits per heavy atom. The molecule has 1 amide bonds. The summed E-state index contributed by atoms with van der Waals surface area (Å²) in [7, 11) is 1.60. The molecule has 0 aromatic heterocycles. The first-order chi connectivity index (χ1) is 12.0. The van der Waals surface area contributed by atoms with Crippen LogP contribution in [0.2, 0.25) is 0 Å². The van der Waals surface area contributed by atoms with Crippen LogP contribution < -0.4 is 15.4 Å². The van der Waals surface area contributed by atoms with Crippen LogP contribution in [0, 0.1) is 5.92 Å². The van der Waals surface area contributed by atoms with Gasteiger partial charge in [-0.2, -0.15) is 0 Å². The Balaban J connectivity index is 1.99. The average molecular weight is 340 g/mol. The number of aryl methyl sites for hydroxylation is 1. The molecule has 0 aliphatic rings. The van der Waals surface area contributed by atoms with Gasteiger partial charge in [-0.15, -0.1) is 0 Å².